The molecule has 1 aromatic carbocycles. The molecular weight excluding hydrogens is 274 g/mol. The molecule has 7 heteroatoms. The first kappa shape index (κ1) is 13.6. The first-order valence-electron chi connectivity index (χ1n) is 6.73. The van der Waals surface area contributed by atoms with Crippen LogP contribution in [-0.2, 0) is 9.59 Å². The molecule has 0 spiro atoms. The fourth-order valence-corrected chi connectivity index (χ4v) is 2.89. The zero-order valence-corrected chi connectivity index (χ0v) is 11.2. The number of anilines is 1. The predicted octanol–water partition coefficient (Wildman–Crippen LogP) is -0.0892. The smallest absolute Gasteiger partial charge is 0.257 e. The standard InChI is InChI=1S/C14H15N3O4/c15-8-4-1-3-7-11(8)14(21)17(13(7)20)9-5-2-6-10(18)16-12(9)19/h1,3-4,9,14,21H,2,5-6,15H2,(H,16,18,19)/t9-,14?/m0/s1. The highest BCUT2D eigenvalue weighted by Gasteiger charge is 2.44. The summed E-state index contributed by atoms with van der Waals surface area (Å²) in [5, 5.41) is 12.6. The lowest BCUT2D eigenvalue weighted by molar-refractivity contribution is -0.134. The number of fused-ring (bicyclic) bond motifs is 1. The van der Waals surface area contributed by atoms with Gasteiger partial charge in [0.25, 0.3) is 5.91 Å². The third-order valence-electron chi connectivity index (χ3n) is 3.91. The Morgan fingerprint density at radius 2 is 2.05 bits per heavy atom. The van der Waals surface area contributed by atoms with Gasteiger partial charge in [-0.3, -0.25) is 24.6 Å². The minimum Gasteiger partial charge on any atom is -0.398 e. The summed E-state index contributed by atoms with van der Waals surface area (Å²) in [6.45, 7) is 0. The Hall–Kier alpha value is -2.41. The van der Waals surface area contributed by atoms with Crippen molar-refractivity contribution in [2.45, 2.75) is 31.5 Å². The lowest BCUT2D eigenvalue weighted by atomic mass is 10.1. The molecule has 1 aromatic rings. The van der Waals surface area contributed by atoms with E-state index in [-0.39, 0.29) is 12.3 Å². The molecule has 7 nitrogen and oxygen atoms in total. The number of aliphatic hydroxyl groups excluding tert-OH is 1. The Morgan fingerprint density at radius 1 is 1.29 bits per heavy atom. The first-order valence-corrected chi connectivity index (χ1v) is 6.73. The van der Waals surface area contributed by atoms with Crippen molar-refractivity contribution in [2.75, 3.05) is 5.73 Å². The number of rotatable bonds is 1. The van der Waals surface area contributed by atoms with E-state index in [2.05, 4.69) is 5.32 Å². The molecule has 2 aliphatic heterocycles. The minimum absolute atomic E-state index is 0.232. The van der Waals surface area contributed by atoms with Gasteiger partial charge in [0.1, 0.15) is 6.04 Å². The summed E-state index contributed by atoms with van der Waals surface area (Å²) < 4.78 is 0. The maximum absolute atomic E-state index is 12.4. The number of nitrogens with two attached hydrogens (primary N) is 1. The summed E-state index contributed by atoms with van der Waals surface area (Å²) in [4.78, 5) is 37.0. The van der Waals surface area contributed by atoms with Crippen LogP contribution in [0, 0.1) is 0 Å². The van der Waals surface area contributed by atoms with Crippen molar-refractivity contribution in [3.05, 3.63) is 29.3 Å². The van der Waals surface area contributed by atoms with Gasteiger partial charge in [-0.2, -0.15) is 0 Å². The second kappa shape index (κ2) is 4.85. The number of aliphatic hydroxyl groups is 1. The van der Waals surface area contributed by atoms with E-state index >= 15 is 0 Å². The summed E-state index contributed by atoms with van der Waals surface area (Å²) >= 11 is 0. The van der Waals surface area contributed by atoms with Crippen LogP contribution in [0.15, 0.2) is 18.2 Å². The Bertz CT molecular complexity index is 643. The van der Waals surface area contributed by atoms with Gasteiger partial charge in [0.05, 0.1) is 0 Å². The molecule has 21 heavy (non-hydrogen) atoms. The molecule has 110 valence electrons. The third kappa shape index (κ3) is 2.06. The number of nitrogens with zero attached hydrogens (tertiary/aromatic N) is 1. The molecule has 0 bridgehead atoms. The molecule has 0 aromatic heterocycles. The van der Waals surface area contributed by atoms with Gasteiger partial charge in [-0.1, -0.05) is 6.07 Å². The molecule has 2 aliphatic rings. The van der Waals surface area contributed by atoms with E-state index in [0.29, 0.717) is 29.7 Å². The molecule has 1 saturated heterocycles. The van der Waals surface area contributed by atoms with Gasteiger partial charge in [-0.25, -0.2) is 0 Å². The van der Waals surface area contributed by atoms with Crippen LogP contribution in [0.1, 0.15) is 41.4 Å². The fraction of sp³-hybridized carbons (Fsp3) is 0.357. The minimum atomic E-state index is -1.27. The SMILES string of the molecule is Nc1cccc2c1C(O)N([C@H]1CCCC(=O)NC1=O)C2=O. The zero-order chi connectivity index (χ0) is 15.1. The second-order valence-corrected chi connectivity index (χ2v) is 5.22. The van der Waals surface area contributed by atoms with Crippen LogP contribution in [0.3, 0.4) is 0 Å². The Morgan fingerprint density at radius 3 is 2.76 bits per heavy atom. The van der Waals surface area contributed by atoms with Crippen LogP contribution in [0.25, 0.3) is 0 Å². The van der Waals surface area contributed by atoms with Crippen LogP contribution in [-0.4, -0.2) is 33.8 Å². The molecular formula is C14H15N3O4. The van der Waals surface area contributed by atoms with E-state index in [0.717, 1.165) is 4.90 Å². The molecule has 0 saturated carbocycles. The number of amides is 3. The van der Waals surface area contributed by atoms with E-state index in [1.807, 2.05) is 0 Å². The predicted molar refractivity (Wildman–Crippen MR) is 72.8 cm³/mol. The van der Waals surface area contributed by atoms with Crippen LogP contribution in [0.4, 0.5) is 5.69 Å². The summed E-state index contributed by atoms with van der Waals surface area (Å²) in [5.74, 6) is -1.36. The average Bonchev–Trinajstić information content (AvgIpc) is 2.57. The van der Waals surface area contributed by atoms with E-state index < -0.39 is 24.1 Å². The van der Waals surface area contributed by atoms with E-state index in [9.17, 15) is 19.5 Å². The molecule has 4 N–H and O–H groups in total. The van der Waals surface area contributed by atoms with Gasteiger partial charge < -0.3 is 10.8 Å². The summed E-state index contributed by atoms with van der Waals surface area (Å²) in [6, 6.07) is 3.91. The highest BCUT2D eigenvalue weighted by atomic mass is 16.3. The van der Waals surface area contributed by atoms with Crippen molar-refractivity contribution in [1.29, 1.82) is 0 Å². The molecule has 1 unspecified atom stereocenters. The Balaban J connectivity index is 1.97. The molecule has 3 amide bonds. The zero-order valence-electron chi connectivity index (χ0n) is 11.2. The lowest BCUT2D eigenvalue weighted by Gasteiger charge is -2.28. The van der Waals surface area contributed by atoms with Crippen molar-refractivity contribution in [2.24, 2.45) is 0 Å². The number of benzene rings is 1. The van der Waals surface area contributed by atoms with E-state index in [4.69, 9.17) is 5.73 Å². The van der Waals surface area contributed by atoms with Crippen LogP contribution < -0.4 is 11.1 Å². The van der Waals surface area contributed by atoms with Gasteiger partial charge in [0, 0.05) is 23.2 Å². The number of nitrogens with one attached hydrogen (secondary N) is 1. The molecule has 3 rings (SSSR count). The molecule has 2 atom stereocenters. The Labute approximate surface area is 120 Å². The lowest BCUT2D eigenvalue weighted by Crippen LogP contribution is -2.48. The number of imide groups is 1. The molecule has 0 aliphatic carbocycles. The van der Waals surface area contributed by atoms with Gasteiger partial charge in [-0.05, 0) is 25.0 Å². The number of carbonyl (C=O) groups excluding carboxylic acids is 3. The topological polar surface area (TPSA) is 113 Å². The molecule has 2 heterocycles. The van der Waals surface area contributed by atoms with Crippen molar-refractivity contribution in [3.63, 3.8) is 0 Å². The van der Waals surface area contributed by atoms with Gasteiger partial charge in [0.15, 0.2) is 6.23 Å². The van der Waals surface area contributed by atoms with Crippen molar-refractivity contribution in [3.8, 4) is 0 Å². The maximum Gasteiger partial charge on any atom is 0.257 e. The maximum atomic E-state index is 12.4. The largest absolute Gasteiger partial charge is 0.398 e. The van der Waals surface area contributed by atoms with Gasteiger partial charge in [-0.15, -0.1) is 0 Å². The van der Waals surface area contributed by atoms with E-state index in [1.54, 1.807) is 18.2 Å². The summed E-state index contributed by atoms with van der Waals surface area (Å²) in [7, 11) is 0. The number of hydrogen-bond acceptors (Lipinski definition) is 5. The second-order valence-electron chi connectivity index (χ2n) is 5.22. The van der Waals surface area contributed by atoms with Crippen molar-refractivity contribution >= 4 is 23.4 Å². The quantitative estimate of drug-likeness (QED) is 0.494. The van der Waals surface area contributed by atoms with Gasteiger partial charge >= 0.3 is 0 Å². The number of carbonyl (C=O) groups is 3. The fourth-order valence-electron chi connectivity index (χ4n) is 2.89. The highest BCUT2D eigenvalue weighted by Crippen LogP contribution is 2.38. The first-order chi connectivity index (χ1) is 10.0. The number of hydrogen-bond donors (Lipinski definition) is 3. The molecule has 1 fully saturated rings. The van der Waals surface area contributed by atoms with Crippen LogP contribution >= 0.6 is 0 Å². The monoisotopic (exact) mass is 289 g/mol. The normalized spacial score (nSPS) is 25.6. The summed E-state index contributed by atoms with van der Waals surface area (Å²) in [6.07, 6.45) is -0.230. The van der Waals surface area contributed by atoms with Gasteiger partial charge in [0.2, 0.25) is 11.8 Å². The van der Waals surface area contributed by atoms with Crippen LogP contribution in [0.5, 0.6) is 0 Å². The summed E-state index contributed by atoms with van der Waals surface area (Å²) in [5.41, 5.74) is 6.74. The number of nitrogen functional groups attached to an aromatic ring is 1. The van der Waals surface area contributed by atoms with Crippen LogP contribution in [0.2, 0.25) is 0 Å². The molecule has 0 radical (unpaired) electrons. The third-order valence-corrected chi connectivity index (χ3v) is 3.91. The van der Waals surface area contributed by atoms with Crippen molar-refractivity contribution < 1.29 is 19.5 Å². The van der Waals surface area contributed by atoms with Crippen molar-refractivity contribution in [1.82, 2.24) is 10.2 Å². The Kier molecular flexibility index (Phi) is 3.13. The average molecular weight is 289 g/mol. The highest BCUT2D eigenvalue weighted by molar-refractivity contribution is 6.05. The van der Waals surface area contributed by atoms with E-state index in [1.165, 1.54) is 0 Å².